The summed E-state index contributed by atoms with van der Waals surface area (Å²) >= 11 is 0. The summed E-state index contributed by atoms with van der Waals surface area (Å²) in [5.41, 5.74) is 1.00. The number of hydrogen-bond acceptors (Lipinski definition) is 4. The number of hydrogen-bond donors (Lipinski definition) is 0. The maximum Gasteiger partial charge on any atom is 0.219 e. The number of piperidine rings is 1. The van der Waals surface area contributed by atoms with Gasteiger partial charge in [-0.2, -0.15) is 5.26 Å². The van der Waals surface area contributed by atoms with Crippen LogP contribution in [0.1, 0.15) is 44.6 Å². The average Bonchev–Trinajstić information content (AvgIpc) is 3.40. The molecule has 0 radical (unpaired) electrons. The van der Waals surface area contributed by atoms with E-state index in [1.807, 2.05) is 35.2 Å². The predicted octanol–water partition coefficient (Wildman–Crippen LogP) is 5.19. The second kappa shape index (κ2) is 11.4. The van der Waals surface area contributed by atoms with Gasteiger partial charge >= 0.3 is 0 Å². The van der Waals surface area contributed by atoms with Gasteiger partial charge in [-0.3, -0.25) is 4.79 Å². The standard InChI is InChI=1S/C29H34N4O2/c1-23(34)33-18-6-10-28(33)29(22-30,24-8-4-3-5-9-24)25-15-19-32(20-16-25)17-7-21-35-27-13-11-26(31-2)12-14-27/h3-5,8-9,11-14,25,28H,6-7,10,15-21H2,1H3/t28-,29?/m0/s1. The lowest BCUT2D eigenvalue weighted by molar-refractivity contribution is -0.131. The van der Waals surface area contributed by atoms with Crippen molar-refractivity contribution >= 4 is 11.6 Å². The highest BCUT2D eigenvalue weighted by atomic mass is 16.5. The van der Waals surface area contributed by atoms with E-state index >= 15 is 0 Å². The van der Waals surface area contributed by atoms with Crippen LogP contribution in [-0.2, 0) is 10.2 Å². The third-order valence-electron chi connectivity index (χ3n) is 7.70. The first kappa shape index (κ1) is 24.8. The van der Waals surface area contributed by atoms with Gasteiger partial charge in [-0.15, -0.1) is 0 Å². The van der Waals surface area contributed by atoms with E-state index < -0.39 is 5.41 Å². The summed E-state index contributed by atoms with van der Waals surface area (Å²) in [6.07, 6.45) is 4.67. The molecule has 0 spiro atoms. The molecule has 4 rings (SSSR count). The Kier molecular flexibility index (Phi) is 8.06. The fourth-order valence-corrected chi connectivity index (χ4v) is 5.97. The van der Waals surface area contributed by atoms with Crippen molar-refractivity contribution in [1.82, 2.24) is 9.80 Å². The van der Waals surface area contributed by atoms with Crippen molar-refractivity contribution in [1.29, 1.82) is 5.26 Å². The van der Waals surface area contributed by atoms with Crippen LogP contribution in [0.4, 0.5) is 5.69 Å². The average molecular weight is 471 g/mol. The third kappa shape index (κ3) is 5.34. The maximum absolute atomic E-state index is 12.4. The first-order chi connectivity index (χ1) is 17.1. The largest absolute Gasteiger partial charge is 0.494 e. The molecule has 35 heavy (non-hydrogen) atoms. The van der Waals surface area contributed by atoms with Crippen LogP contribution < -0.4 is 4.74 Å². The number of rotatable bonds is 8. The monoisotopic (exact) mass is 470 g/mol. The molecule has 2 fully saturated rings. The minimum atomic E-state index is -0.671. The fourth-order valence-electron chi connectivity index (χ4n) is 5.97. The summed E-state index contributed by atoms with van der Waals surface area (Å²) in [4.78, 5) is 20.3. The lowest BCUT2D eigenvalue weighted by atomic mass is 9.62. The molecule has 2 aliphatic rings. The zero-order chi connectivity index (χ0) is 24.7. The topological polar surface area (TPSA) is 60.9 Å². The molecule has 2 aliphatic heterocycles. The minimum Gasteiger partial charge on any atom is -0.494 e. The van der Waals surface area contributed by atoms with Crippen LogP contribution >= 0.6 is 0 Å². The van der Waals surface area contributed by atoms with Crippen molar-refractivity contribution in [3.8, 4) is 11.8 Å². The molecule has 0 aliphatic carbocycles. The van der Waals surface area contributed by atoms with E-state index in [0.717, 1.165) is 69.6 Å². The fraction of sp³-hybridized carbons (Fsp3) is 0.483. The van der Waals surface area contributed by atoms with Gasteiger partial charge in [-0.05, 0) is 68.8 Å². The quantitative estimate of drug-likeness (QED) is 0.393. The Hall–Kier alpha value is -3.35. The lowest BCUT2D eigenvalue weighted by Gasteiger charge is -2.46. The second-order valence-corrected chi connectivity index (χ2v) is 9.64. The normalized spacial score (nSPS) is 20.5. The number of carbonyl (C=O) groups is 1. The second-order valence-electron chi connectivity index (χ2n) is 9.64. The molecular weight excluding hydrogens is 436 g/mol. The first-order valence-electron chi connectivity index (χ1n) is 12.6. The van der Waals surface area contributed by atoms with Gasteiger partial charge < -0.3 is 14.5 Å². The summed E-state index contributed by atoms with van der Waals surface area (Å²) in [6.45, 7) is 12.9. The highest BCUT2D eigenvalue weighted by Crippen LogP contribution is 2.46. The smallest absolute Gasteiger partial charge is 0.219 e. The minimum absolute atomic E-state index is 0.0633. The van der Waals surface area contributed by atoms with Gasteiger partial charge in [0.2, 0.25) is 5.91 Å². The molecule has 1 amide bonds. The Labute approximate surface area is 208 Å². The van der Waals surface area contributed by atoms with E-state index in [9.17, 15) is 10.1 Å². The van der Waals surface area contributed by atoms with E-state index in [-0.39, 0.29) is 17.9 Å². The summed E-state index contributed by atoms with van der Waals surface area (Å²) in [6, 6.07) is 20.1. The van der Waals surface area contributed by atoms with E-state index in [0.29, 0.717) is 12.3 Å². The summed E-state index contributed by atoms with van der Waals surface area (Å²) in [5, 5.41) is 10.7. The van der Waals surface area contributed by atoms with Crippen LogP contribution in [0.3, 0.4) is 0 Å². The molecule has 0 bridgehead atoms. The van der Waals surface area contributed by atoms with Gasteiger partial charge in [0.25, 0.3) is 0 Å². The SMILES string of the molecule is [C-]#[N+]c1ccc(OCCCN2CCC(C(C#N)(c3ccccc3)[C@@H]3CCCN3C(C)=O)CC2)cc1. The first-order valence-corrected chi connectivity index (χ1v) is 12.6. The van der Waals surface area contributed by atoms with Crippen LogP contribution in [0, 0.1) is 23.8 Å². The molecule has 0 saturated carbocycles. The molecule has 182 valence electrons. The predicted molar refractivity (Wildman–Crippen MR) is 136 cm³/mol. The molecule has 2 atom stereocenters. The zero-order valence-electron chi connectivity index (χ0n) is 20.5. The Morgan fingerprint density at radius 3 is 2.46 bits per heavy atom. The molecule has 1 unspecified atom stereocenters. The Balaban J connectivity index is 1.38. The van der Waals surface area contributed by atoms with Gasteiger partial charge in [0.15, 0.2) is 5.69 Å². The number of carbonyl (C=O) groups excluding carboxylic acids is 1. The van der Waals surface area contributed by atoms with Crippen molar-refractivity contribution in [2.45, 2.75) is 50.5 Å². The van der Waals surface area contributed by atoms with E-state index in [1.165, 1.54) is 0 Å². The molecule has 0 N–H and O–H groups in total. The molecule has 6 nitrogen and oxygen atoms in total. The van der Waals surface area contributed by atoms with E-state index in [2.05, 4.69) is 27.9 Å². The summed E-state index contributed by atoms with van der Waals surface area (Å²) < 4.78 is 5.84. The number of likely N-dealkylation sites (tertiary alicyclic amines) is 2. The van der Waals surface area contributed by atoms with Crippen LogP contribution in [0.5, 0.6) is 5.75 Å². The van der Waals surface area contributed by atoms with Crippen molar-refractivity contribution < 1.29 is 9.53 Å². The molecule has 6 heteroatoms. The number of amides is 1. The van der Waals surface area contributed by atoms with E-state index in [1.54, 1.807) is 19.1 Å². The van der Waals surface area contributed by atoms with Gasteiger partial charge in [-0.25, -0.2) is 4.85 Å². The van der Waals surface area contributed by atoms with E-state index in [4.69, 9.17) is 11.3 Å². The van der Waals surface area contributed by atoms with Gasteiger partial charge in [-0.1, -0.05) is 42.5 Å². The maximum atomic E-state index is 12.4. The Bertz CT molecular complexity index is 1060. The van der Waals surface area contributed by atoms with Gasteiger partial charge in [0.1, 0.15) is 11.2 Å². The van der Waals surface area contributed by atoms with Gasteiger partial charge in [0, 0.05) is 20.0 Å². The zero-order valence-corrected chi connectivity index (χ0v) is 20.5. The number of nitriles is 1. The van der Waals surface area contributed by atoms with Crippen LogP contribution in [-0.4, -0.2) is 54.5 Å². The molecule has 2 aromatic rings. The molecule has 0 aromatic heterocycles. The molecule has 2 saturated heterocycles. The molecule has 2 aromatic carbocycles. The van der Waals surface area contributed by atoms with Crippen LogP contribution in [0.15, 0.2) is 54.6 Å². The van der Waals surface area contributed by atoms with Crippen LogP contribution in [0.2, 0.25) is 0 Å². The molecule has 2 heterocycles. The third-order valence-corrected chi connectivity index (χ3v) is 7.70. The number of nitrogens with zero attached hydrogens (tertiary/aromatic N) is 4. The number of benzene rings is 2. The summed E-state index contributed by atoms with van der Waals surface area (Å²) in [5.74, 6) is 1.09. The molecular formula is C29H34N4O2. The van der Waals surface area contributed by atoms with Crippen molar-refractivity contribution in [3.05, 3.63) is 71.6 Å². The van der Waals surface area contributed by atoms with Crippen molar-refractivity contribution in [2.75, 3.05) is 32.8 Å². The lowest BCUT2D eigenvalue weighted by Crippen LogP contribution is -2.54. The summed E-state index contributed by atoms with van der Waals surface area (Å²) in [7, 11) is 0. The number of ether oxygens (including phenoxy) is 1. The highest BCUT2D eigenvalue weighted by molar-refractivity contribution is 5.74. The highest BCUT2D eigenvalue weighted by Gasteiger charge is 2.52. The van der Waals surface area contributed by atoms with Gasteiger partial charge in [0.05, 0.1) is 25.3 Å². The Morgan fingerprint density at radius 2 is 1.83 bits per heavy atom. The Morgan fingerprint density at radius 1 is 1.11 bits per heavy atom. The van der Waals surface area contributed by atoms with Crippen molar-refractivity contribution in [2.24, 2.45) is 5.92 Å². The van der Waals surface area contributed by atoms with Crippen LogP contribution in [0.25, 0.3) is 4.85 Å². The van der Waals surface area contributed by atoms with Crippen molar-refractivity contribution in [3.63, 3.8) is 0 Å².